The summed E-state index contributed by atoms with van der Waals surface area (Å²) >= 11 is 2.10. The van der Waals surface area contributed by atoms with Crippen LogP contribution in [0.5, 0.6) is 0 Å². The van der Waals surface area contributed by atoms with Crippen molar-refractivity contribution in [3.8, 4) is 0 Å². The highest BCUT2D eigenvalue weighted by atomic mass is 32.2. The highest BCUT2D eigenvalue weighted by molar-refractivity contribution is 7.99. The van der Waals surface area contributed by atoms with Gasteiger partial charge >= 0.3 is 0 Å². The van der Waals surface area contributed by atoms with Gasteiger partial charge in [-0.3, -0.25) is 4.90 Å². The molecule has 3 heteroatoms. The van der Waals surface area contributed by atoms with Gasteiger partial charge in [0.15, 0.2) is 0 Å². The van der Waals surface area contributed by atoms with Crippen LogP contribution in [0.4, 0.5) is 0 Å². The number of nitrogens with zero attached hydrogens (tertiary/aromatic N) is 1. The van der Waals surface area contributed by atoms with E-state index in [4.69, 9.17) is 0 Å². The van der Waals surface area contributed by atoms with E-state index in [1.165, 1.54) is 58.0 Å². The maximum atomic E-state index is 3.91. The fourth-order valence-electron chi connectivity index (χ4n) is 4.47. The highest BCUT2D eigenvalue weighted by Gasteiger charge is 2.47. The summed E-state index contributed by atoms with van der Waals surface area (Å²) in [6.45, 7) is 7.36. The molecule has 0 radical (unpaired) electrons. The van der Waals surface area contributed by atoms with Crippen LogP contribution in [0.25, 0.3) is 0 Å². The zero-order chi connectivity index (χ0) is 14.2. The van der Waals surface area contributed by atoms with Gasteiger partial charge in [-0.1, -0.05) is 13.3 Å². The molecule has 3 fully saturated rings. The van der Waals surface area contributed by atoms with Gasteiger partial charge in [-0.05, 0) is 57.6 Å². The Morgan fingerprint density at radius 3 is 2.70 bits per heavy atom. The summed E-state index contributed by atoms with van der Waals surface area (Å²) in [6.07, 6.45) is 12.3. The minimum Gasteiger partial charge on any atom is -0.308 e. The average Bonchev–Trinajstić information content (AvgIpc) is 3.32. The second-order valence-corrected chi connectivity index (χ2v) is 8.62. The molecule has 0 aromatic heterocycles. The maximum Gasteiger partial charge on any atom is 0.0309 e. The van der Waals surface area contributed by atoms with Crippen molar-refractivity contribution >= 4 is 11.8 Å². The van der Waals surface area contributed by atoms with Crippen molar-refractivity contribution < 1.29 is 0 Å². The Kier molecular flexibility index (Phi) is 4.69. The molecule has 1 saturated heterocycles. The molecule has 0 bridgehead atoms. The quantitative estimate of drug-likeness (QED) is 0.854. The van der Waals surface area contributed by atoms with Gasteiger partial charge in [-0.2, -0.15) is 11.8 Å². The first-order valence-electron chi connectivity index (χ1n) is 8.70. The van der Waals surface area contributed by atoms with E-state index in [2.05, 4.69) is 42.1 Å². The number of nitrogens with one attached hydrogen (secondary N) is 1. The van der Waals surface area contributed by atoms with E-state index in [9.17, 15) is 0 Å². The molecule has 4 atom stereocenters. The smallest absolute Gasteiger partial charge is 0.0309 e. The van der Waals surface area contributed by atoms with E-state index in [0.717, 1.165) is 23.3 Å². The molecule has 1 N–H and O–H groups in total. The summed E-state index contributed by atoms with van der Waals surface area (Å²) < 4.78 is 0. The third kappa shape index (κ3) is 3.05. The Balaban J connectivity index is 1.69. The van der Waals surface area contributed by atoms with Gasteiger partial charge < -0.3 is 5.32 Å². The number of piperazine rings is 1. The van der Waals surface area contributed by atoms with E-state index in [0.29, 0.717) is 5.54 Å². The summed E-state index contributed by atoms with van der Waals surface area (Å²) in [6, 6.07) is 1.62. The van der Waals surface area contributed by atoms with Crippen LogP contribution < -0.4 is 5.32 Å². The summed E-state index contributed by atoms with van der Waals surface area (Å²) in [5, 5.41) is 4.82. The first kappa shape index (κ1) is 15.2. The van der Waals surface area contributed by atoms with Gasteiger partial charge in [0, 0.05) is 36.0 Å². The SMILES string of the molecule is CCC1CNC(C)(C2CC2)CN1C1CCCC(SC)C1. The topological polar surface area (TPSA) is 15.3 Å². The summed E-state index contributed by atoms with van der Waals surface area (Å²) in [4.78, 5) is 2.91. The molecule has 2 aliphatic carbocycles. The molecule has 1 heterocycles. The van der Waals surface area contributed by atoms with Crippen molar-refractivity contribution in [1.82, 2.24) is 10.2 Å². The molecule has 0 aromatic carbocycles. The normalized spacial score (nSPS) is 43.6. The third-order valence-electron chi connectivity index (χ3n) is 6.07. The van der Waals surface area contributed by atoms with Crippen LogP contribution in [0, 0.1) is 5.92 Å². The van der Waals surface area contributed by atoms with Crippen LogP contribution in [-0.4, -0.2) is 47.1 Å². The molecule has 2 saturated carbocycles. The van der Waals surface area contributed by atoms with Crippen molar-refractivity contribution in [3.63, 3.8) is 0 Å². The largest absolute Gasteiger partial charge is 0.308 e. The molecule has 0 amide bonds. The van der Waals surface area contributed by atoms with Crippen LogP contribution in [-0.2, 0) is 0 Å². The first-order chi connectivity index (χ1) is 9.66. The number of hydrogen-bond donors (Lipinski definition) is 1. The number of rotatable bonds is 4. The molecule has 3 rings (SSSR count). The Morgan fingerprint density at radius 2 is 2.05 bits per heavy atom. The zero-order valence-corrected chi connectivity index (χ0v) is 14.3. The Bertz CT molecular complexity index is 331. The van der Waals surface area contributed by atoms with Crippen molar-refractivity contribution in [2.45, 2.75) is 81.7 Å². The predicted molar refractivity (Wildman–Crippen MR) is 89.5 cm³/mol. The second-order valence-electron chi connectivity index (χ2n) is 7.49. The van der Waals surface area contributed by atoms with Gasteiger partial charge in [0.2, 0.25) is 0 Å². The lowest BCUT2D eigenvalue weighted by molar-refractivity contribution is 0.0240. The van der Waals surface area contributed by atoms with Gasteiger partial charge in [0.25, 0.3) is 0 Å². The molecule has 0 aromatic rings. The van der Waals surface area contributed by atoms with E-state index in [1.807, 2.05) is 0 Å². The van der Waals surface area contributed by atoms with Crippen molar-refractivity contribution in [1.29, 1.82) is 0 Å². The van der Waals surface area contributed by atoms with E-state index < -0.39 is 0 Å². The Hall–Kier alpha value is 0.270. The van der Waals surface area contributed by atoms with Gasteiger partial charge in [-0.15, -0.1) is 0 Å². The van der Waals surface area contributed by atoms with Gasteiger partial charge in [0.05, 0.1) is 0 Å². The van der Waals surface area contributed by atoms with E-state index in [1.54, 1.807) is 0 Å². The summed E-state index contributed by atoms with van der Waals surface area (Å²) in [5.74, 6) is 0.947. The zero-order valence-electron chi connectivity index (χ0n) is 13.5. The molecule has 4 unspecified atom stereocenters. The van der Waals surface area contributed by atoms with Crippen LogP contribution in [0.1, 0.15) is 58.8 Å². The summed E-state index contributed by atoms with van der Waals surface area (Å²) in [7, 11) is 0. The van der Waals surface area contributed by atoms with Crippen LogP contribution >= 0.6 is 11.8 Å². The average molecular weight is 297 g/mol. The van der Waals surface area contributed by atoms with Crippen LogP contribution in [0.15, 0.2) is 0 Å². The molecule has 0 spiro atoms. The fraction of sp³-hybridized carbons (Fsp3) is 1.00. The number of hydrogen-bond acceptors (Lipinski definition) is 3. The Labute approximate surface area is 129 Å². The van der Waals surface area contributed by atoms with Gasteiger partial charge in [0.1, 0.15) is 0 Å². The third-order valence-corrected chi connectivity index (χ3v) is 7.17. The highest BCUT2D eigenvalue weighted by Crippen LogP contribution is 2.43. The van der Waals surface area contributed by atoms with E-state index in [-0.39, 0.29) is 0 Å². The number of thioether (sulfide) groups is 1. The minimum absolute atomic E-state index is 0.401. The molecule has 20 heavy (non-hydrogen) atoms. The molecular formula is C17H32N2S. The Morgan fingerprint density at radius 1 is 1.25 bits per heavy atom. The summed E-state index contributed by atoms with van der Waals surface area (Å²) in [5.41, 5.74) is 0.401. The van der Waals surface area contributed by atoms with Crippen LogP contribution in [0.3, 0.4) is 0 Å². The van der Waals surface area contributed by atoms with Crippen LogP contribution in [0.2, 0.25) is 0 Å². The molecule has 1 aliphatic heterocycles. The maximum absolute atomic E-state index is 3.91. The lowest BCUT2D eigenvalue weighted by atomic mass is 9.86. The standard InChI is InChI=1S/C17H32N2S/c1-4-14-11-18-17(2,13-8-9-13)12-19(14)15-6-5-7-16(10-15)20-3/h13-16,18H,4-12H2,1-3H3. The molecule has 2 nitrogen and oxygen atoms in total. The molecule has 116 valence electrons. The minimum atomic E-state index is 0.401. The second kappa shape index (κ2) is 6.18. The lowest BCUT2D eigenvalue weighted by Crippen LogP contribution is -2.66. The fourth-order valence-corrected chi connectivity index (χ4v) is 5.29. The first-order valence-corrected chi connectivity index (χ1v) is 9.98. The monoisotopic (exact) mass is 296 g/mol. The molecular weight excluding hydrogens is 264 g/mol. The lowest BCUT2D eigenvalue weighted by Gasteiger charge is -2.51. The predicted octanol–water partition coefficient (Wildman–Crippen LogP) is 3.51. The molecule has 3 aliphatic rings. The van der Waals surface area contributed by atoms with Crippen molar-refractivity contribution in [2.75, 3.05) is 19.3 Å². The van der Waals surface area contributed by atoms with Gasteiger partial charge in [-0.25, -0.2) is 0 Å². The van der Waals surface area contributed by atoms with Crippen molar-refractivity contribution in [3.05, 3.63) is 0 Å². The van der Waals surface area contributed by atoms with E-state index >= 15 is 0 Å². The van der Waals surface area contributed by atoms with Crippen molar-refractivity contribution in [2.24, 2.45) is 5.92 Å².